The molecular formula is C26H37N3. The predicted octanol–water partition coefficient (Wildman–Crippen LogP) is 7.23. The van der Waals surface area contributed by atoms with Gasteiger partial charge in [0.25, 0.3) is 0 Å². The maximum Gasteiger partial charge on any atom is 0.134 e. The molecule has 2 rings (SSSR count). The largest absolute Gasteiger partial charge is 0.303 e. The van der Waals surface area contributed by atoms with E-state index in [1.807, 2.05) is 6.20 Å². The first-order valence-electron chi connectivity index (χ1n) is 10.8. The van der Waals surface area contributed by atoms with E-state index in [9.17, 15) is 0 Å². The van der Waals surface area contributed by atoms with E-state index < -0.39 is 0 Å². The molecular weight excluding hydrogens is 354 g/mol. The van der Waals surface area contributed by atoms with Crippen molar-refractivity contribution < 1.29 is 0 Å². The molecule has 0 saturated heterocycles. The van der Waals surface area contributed by atoms with Crippen molar-refractivity contribution in [1.82, 2.24) is 9.55 Å². The molecule has 1 aromatic heterocycles. The van der Waals surface area contributed by atoms with Crippen LogP contribution in [0.3, 0.4) is 0 Å². The van der Waals surface area contributed by atoms with E-state index in [0.29, 0.717) is 6.54 Å². The Labute approximate surface area is 177 Å². The van der Waals surface area contributed by atoms with Crippen LogP contribution in [0.15, 0.2) is 63.9 Å². The number of imidazole rings is 1. The second-order valence-corrected chi connectivity index (χ2v) is 7.95. The Kier molecular flexibility index (Phi) is 8.19. The molecule has 0 saturated carbocycles. The van der Waals surface area contributed by atoms with Crippen molar-refractivity contribution in [2.24, 2.45) is 10.9 Å². The van der Waals surface area contributed by atoms with Crippen LogP contribution < -0.4 is 0 Å². The Balaban J connectivity index is 2.69. The zero-order chi connectivity index (χ0) is 21.6. The quantitative estimate of drug-likeness (QED) is 0.470. The number of fused-ring (bicyclic) bond motifs is 1. The normalized spacial score (nSPS) is 20.6. The summed E-state index contributed by atoms with van der Waals surface area (Å²) in [6, 6.07) is 0. The van der Waals surface area contributed by atoms with Crippen molar-refractivity contribution in [3.05, 3.63) is 70.4 Å². The van der Waals surface area contributed by atoms with Gasteiger partial charge in [-0.25, -0.2) is 4.98 Å². The van der Waals surface area contributed by atoms with Crippen molar-refractivity contribution in [1.29, 1.82) is 0 Å². The van der Waals surface area contributed by atoms with Crippen LogP contribution in [-0.2, 0) is 6.54 Å². The Morgan fingerprint density at radius 3 is 2.55 bits per heavy atom. The Morgan fingerprint density at radius 2 is 1.93 bits per heavy atom. The molecule has 3 heteroatoms. The van der Waals surface area contributed by atoms with Gasteiger partial charge >= 0.3 is 0 Å². The van der Waals surface area contributed by atoms with E-state index in [1.165, 1.54) is 28.0 Å². The monoisotopic (exact) mass is 391 g/mol. The van der Waals surface area contributed by atoms with E-state index in [0.717, 1.165) is 30.1 Å². The number of hydrogen-bond acceptors (Lipinski definition) is 2. The average Bonchev–Trinajstić information content (AvgIpc) is 3.01. The lowest BCUT2D eigenvalue weighted by Crippen LogP contribution is -2.18. The third-order valence-electron chi connectivity index (χ3n) is 5.81. The van der Waals surface area contributed by atoms with Crippen molar-refractivity contribution in [3.8, 4) is 0 Å². The topological polar surface area (TPSA) is 30.2 Å². The summed E-state index contributed by atoms with van der Waals surface area (Å²) in [5.41, 5.74) is 8.85. The molecule has 29 heavy (non-hydrogen) atoms. The van der Waals surface area contributed by atoms with Crippen LogP contribution in [-0.4, -0.2) is 15.3 Å². The molecule has 0 N–H and O–H groups in total. The number of allylic oxidation sites excluding steroid dienone is 10. The highest BCUT2D eigenvalue weighted by molar-refractivity contribution is 6.09. The molecule has 3 nitrogen and oxygen atoms in total. The predicted molar refractivity (Wildman–Crippen MR) is 127 cm³/mol. The lowest BCUT2D eigenvalue weighted by atomic mass is 9.91. The summed E-state index contributed by atoms with van der Waals surface area (Å²) in [6.07, 6.45) is 15.0. The van der Waals surface area contributed by atoms with E-state index >= 15 is 0 Å². The number of rotatable bonds is 6. The molecule has 156 valence electrons. The van der Waals surface area contributed by atoms with Gasteiger partial charge in [-0.15, -0.1) is 0 Å². The van der Waals surface area contributed by atoms with E-state index in [4.69, 9.17) is 4.99 Å². The number of aromatic nitrogens is 2. The van der Waals surface area contributed by atoms with Gasteiger partial charge < -0.3 is 4.57 Å². The van der Waals surface area contributed by atoms with Gasteiger partial charge in [-0.3, -0.25) is 4.99 Å². The molecule has 1 atom stereocenters. The third-order valence-corrected chi connectivity index (χ3v) is 5.81. The van der Waals surface area contributed by atoms with Crippen LogP contribution in [0.1, 0.15) is 72.8 Å². The van der Waals surface area contributed by atoms with Gasteiger partial charge in [0.2, 0.25) is 0 Å². The van der Waals surface area contributed by atoms with Crippen LogP contribution in [0.25, 0.3) is 5.70 Å². The molecule has 0 fully saturated rings. The first kappa shape index (κ1) is 22.9. The summed E-state index contributed by atoms with van der Waals surface area (Å²) in [5, 5.41) is 0. The van der Waals surface area contributed by atoms with Gasteiger partial charge in [0.1, 0.15) is 5.82 Å². The van der Waals surface area contributed by atoms with Crippen LogP contribution in [0.4, 0.5) is 0 Å². The Bertz CT molecular complexity index is 914. The van der Waals surface area contributed by atoms with Gasteiger partial charge in [-0.2, -0.15) is 0 Å². The average molecular weight is 392 g/mol. The van der Waals surface area contributed by atoms with Gasteiger partial charge in [-0.05, 0) is 59.1 Å². The van der Waals surface area contributed by atoms with Crippen molar-refractivity contribution in [2.75, 3.05) is 0 Å². The van der Waals surface area contributed by atoms with Gasteiger partial charge in [0, 0.05) is 23.5 Å². The standard InChI is InChI=1S/C26H37N3/c1-9-12-13-23(14-18(4)10-2)26-22(8)24(15-20(6)19(5)11-3)29-21(7)16-27-25(29)17-28-26/h9,12-16,22H,10-11,17H2,1-8H3/b12-9-,18-14+,20-19-,23-13+,24-15+. The SMILES string of the molecule is C\C=C/C=C(\C=C(/C)CC)C1=NCc2ncc(C)n2/C(=C/C(C)=C(/C)CC)C1C. The summed E-state index contributed by atoms with van der Waals surface area (Å²) in [6.45, 7) is 18.1. The fraction of sp³-hybridized carbons (Fsp3) is 0.462. The fourth-order valence-corrected chi connectivity index (χ4v) is 3.51. The first-order chi connectivity index (χ1) is 13.8. The second kappa shape index (κ2) is 10.4. The molecule has 0 radical (unpaired) electrons. The Hall–Kier alpha value is -2.42. The highest BCUT2D eigenvalue weighted by atomic mass is 15.1. The summed E-state index contributed by atoms with van der Waals surface area (Å²) in [7, 11) is 0. The van der Waals surface area contributed by atoms with Gasteiger partial charge in [-0.1, -0.05) is 61.8 Å². The number of aliphatic imine (C=N–C) groups is 1. The van der Waals surface area contributed by atoms with Crippen LogP contribution in [0.2, 0.25) is 0 Å². The summed E-state index contributed by atoms with van der Waals surface area (Å²) >= 11 is 0. The molecule has 0 bridgehead atoms. The van der Waals surface area contributed by atoms with Crippen molar-refractivity contribution in [2.45, 2.75) is 74.8 Å². The highest BCUT2D eigenvalue weighted by Gasteiger charge is 2.26. The summed E-state index contributed by atoms with van der Waals surface area (Å²) in [5.74, 6) is 1.18. The minimum Gasteiger partial charge on any atom is -0.303 e. The number of nitrogens with zero attached hydrogens (tertiary/aromatic N) is 3. The maximum atomic E-state index is 5.05. The number of hydrogen-bond donors (Lipinski definition) is 0. The zero-order valence-electron chi connectivity index (χ0n) is 19.5. The first-order valence-corrected chi connectivity index (χ1v) is 10.8. The lowest BCUT2D eigenvalue weighted by Gasteiger charge is -2.21. The third kappa shape index (κ3) is 5.35. The molecule has 1 unspecified atom stereocenters. The van der Waals surface area contributed by atoms with Crippen LogP contribution in [0.5, 0.6) is 0 Å². The zero-order valence-corrected chi connectivity index (χ0v) is 19.5. The van der Waals surface area contributed by atoms with Gasteiger partial charge in [0.05, 0.1) is 12.3 Å². The minimum atomic E-state index is 0.168. The molecule has 0 amide bonds. The van der Waals surface area contributed by atoms with Crippen molar-refractivity contribution in [3.63, 3.8) is 0 Å². The van der Waals surface area contributed by atoms with Crippen LogP contribution in [0, 0.1) is 12.8 Å². The molecule has 1 aliphatic heterocycles. The molecule has 0 aliphatic carbocycles. The second-order valence-electron chi connectivity index (χ2n) is 7.95. The smallest absolute Gasteiger partial charge is 0.134 e. The minimum absolute atomic E-state index is 0.168. The van der Waals surface area contributed by atoms with E-state index in [-0.39, 0.29) is 5.92 Å². The molecule has 1 aliphatic rings. The van der Waals surface area contributed by atoms with Crippen molar-refractivity contribution >= 4 is 11.4 Å². The molecule has 1 aromatic rings. The highest BCUT2D eigenvalue weighted by Crippen LogP contribution is 2.31. The molecule has 0 aromatic carbocycles. The van der Waals surface area contributed by atoms with E-state index in [1.54, 1.807) is 0 Å². The maximum absolute atomic E-state index is 5.05. The Morgan fingerprint density at radius 1 is 1.21 bits per heavy atom. The molecule has 2 heterocycles. The summed E-state index contributed by atoms with van der Waals surface area (Å²) < 4.78 is 2.30. The molecule has 0 spiro atoms. The van der Waals surface area contributed by atoms with Crippen LogP contribution >= 0.6 is 0 Å². The fourth-order valence-electron chi connectivity index (χ4n) is 3.51. The summed E-state index contributed by atoms with van der Waals surface area (Å²) in [4.78, 5) is 9.71. The van der Waals surface area contributed by atoms with E-state index in [2.05, 4.69) is 95.3 Å². The van der Waals surface area contributed by atoms with Gasteiger partial charge in [0.15, 0.2) is 0 Å². The lowest BCUT2D eigenvalue weighted by molar-refractivity contribution is 0.845. The number of aryl methyl sites for hydroxylation is 1.